The van der Waals surface area contributed by atoms with Gasteiger partial charge in [-0.1, -0.05) is 28.1 Å². The van der Waals surface area contributed by atoms with Crippen molar-refractivity contribution in [3.63, 3.8) is 0 Å². The number of hydrogen-bond donors (Lipinski definition) is 2. The molecular formula is C12H17BrN2OS. The maximum Gasteiger partial charge on any atom is 0.106 e. The van der Waals surface area contributed by atoms with E-state index in [2.05, 4.69) is 28.2 Å². The summed E-state index contributed by atoms with van der Waals surface area (Å²) in [6.07, 6.45) is 0.934. The van der Waals surface area contributed by atoms with Gasteiger partial charge in [0.1, 0.15) is 4.99 Å². The number of ether oxygens (including phenoxy) is 1. The third-order valence-electron chi connectivity index (χ3n) is 2.40. The molecule has 3 N–H and O–H groups in total. The van der Waals surface area contributed by atoms with Gasteiger partial charge in [0.2, 0.25) is 0 Å². The minimum absolute atomic E-state index is 0.309. The zero-order valence-electron chi connectivity index (χ0n) is 10.00. The first-order valence-corrected chi connectivity index (χ1v) is 6.59. The summed E-state index contributed by atoms with van der Waals surface area (Å²) in [4.78, 5) is 0.396. The fourth-order valence-electron chi connectivity index (χ4n) is 1.48. The van der Waals surface area contributed by atoms with Crippen LogP contribution in [0.25, 0.3) is 0 Å². The molecule has 0 saturated carbocycles. The molecule has 0 fully saturated rings. The molecule has 0 bridgehead atoms. The fraction of sp³-hybridized carbons (Fsp3) is 0.417. The van der Waals surface area contributed by atoms with Gasteiger partial charge in [0.25, 0.3) is 0 Å². The van der Waals surface area contributed by atoms with Gasteiger partial charge in [0.05, 0.1) is 0 Å². The second-order valence-electron chi connectivity index (χ2n) is 3.88. The molecule has 0 aliphatic carbocycles. The zero-order valence-corrected chi connectivity index (χ0v) is 12.4. The third kappa shape index (κ3) is 4.61. The van der Waals surface area contributed by atoms with Gasteiger partial charge in [0, 0.05) is 35.5 Å². The topological polar surface area (TPSA) is 47.3 Å². The summed E-state index contributed by atoms with van der Waals surface area (Å²) in [7, 11) is 1.70. The average Bonchev–Trinajstić information content (AvgIpc) is 2.28. The molecule has 0 aromatic heterocycles. The molecule has 1 rings (SSSR count). The monoisotopic (exact) mass is 316 g/mol. The predicted octanol–water partition coefficient (Wildman–Crippen LogP) is 2.92. The number of methoxy groups -OCH3 is 1. The first kappa shape index (κ1) is 14.4. The molecule has 0 saturated heterocycles. The van der Waals surface area contributed by atoms with Crippen LogP contribution in [-0.2, 0) is 4.74 Å². The second kappa shape index (κ2) is 6.93. The number of anilines is 1. The molecule has 0 aliphatic rings. The molecule has 0 amide bonds. The van der Waals surface area contributed by atoms with Crippen molar-refractivity contribution in [1.82, 2.24) is 0 Å². The number of nitrogens with two attached hydrogens (primary N) is 1. The summed E-state index contributed by atoms with van der Waals surface area (Å²) in [5.74, 6) is 0. The summed E-state index contributed by atoms with van der Waals surface area (Å²) in [6, 6.07) is 6.17. The van der Waals surface area contributed by atoms with Crippen molar-refractivity contribution in [2.75, 3.05) is 19.0 Å². The van der Waals surface area contributed by atoms with Crippen LogP contribution in [-0.4, -0.2) is 24.7 Å². The Kier molecular flexibility index (Phi) is 5.88. The van der Waals surface area contributed by atoms with Crippen LogP contribution in [0.3, 0.4) is 0 Å². The number of halogens is 1. The highest BCUT2D eigenvalue weighted by atomic mass is 79.9. The Morgan fingerprint density at radius 1 is 1.59 bits per heavy atom. The Morgan fingerprint density at radius 3 is 2.88 bits per heavy atom. The van der Waals surface area contributed by atoms with Gasteiger partial charge in [-0.05, 0) is 31.5 Å². The van der Waals surface area contributed by atoms with Crippen molar-refractivity contribution in [2.24, 2.45) is 5.73 Å². The Hall–Kier alpha value is -0.650. The lowest BCUT2D eigenvalue weighted by Crippen LogP contribution is -2.20. The predicted molar refractivity (Wildman–Crippen MR) is 79.6 cm³/mol. The van der Waals surface area contributed by atoms with Crippen molar-refractivity contribution >= 4 is 38.8 Å². The summed E-state index contributed by atoms with van der Waals surface area (Å²) in [5.41, 5.74) is 7.53. The summed E-state index contributed by atoms with van der Waals surface area (Å²) in [5, 5.41) is 3.39. The Labute approximate surface area is 116 Å². The number of rotatable bonds is 6. The van der Waals surface area contributed by atoms with E-state index < -0.39 is 0 Å². The average molecular weight is 317 g/mol. The van der Waals surface area contributed by atoms with Crippen LogP contribution >= 0.6 is 28.1 Å². The maximum atomic E-state index is 5.71. The smallest absolute Gasteiger partial charge is 0.106 e. The highest BCUT2D eigenvalue weighted by Crippen LogP contribution is 2.22. The van der Waals surface area contributed by atoms with E-state index in [1.165, 1.54) is 0 Å². The number of hydrogen-bond acceptors (Lipinski definition) is 3. The van der Waals surface area contributed by atoms with E-state index in [9.17, 15) is 0 Å². The van der Waals surface area contributed by atoms with E-state index in [0.29, 0.717) is 11.0 Å². The van der Waals surface area contributed by atoms with Gasteiger partial charge < -0.3 is 15.8 Å². The number of nitrogens with one attached hydrogen (secondary N) is 1. The first-order chi connectivity index (χ1) is 8.04. The molecule has 5 heteroatoms. The van der Waals surface area contributed by atoms with Crippen LogP contribution < -0.4 is 11.1 Å². The minimum Gasteiger partial charge on any atom is -0.389 e. The molecule has 1 aromatic carbocycles. The molecule has 17 heavy (non-hydrogen) atoms. The second-order valence-corrected chi connectivity index (χ2v) is 5.24. The normalized spacial score (nSPS) is 12.2. The van der Waals surface area contributed by atoms with Crippen molar-refractivity contribution in [3.05, 3.63) is 28.2 Å². The summed E-state index contributed by atoms with van der Waals surface area (Å²) < 4.78 is 6.02. The summed E-state index contributed by atoms with van der Waals surface area (Å²) in [6.45, 7) is 2.83. The lowest BCUT2D eigenvalue weighted by Gasteiger charge is -2.17. The van der Waals surface area contributed by atoms with E-state index in [0.717, 1.165) is 28.8 Å². The van der Waals surface area contributed by atoms with Crippen molar-refractivity contribution < 1.29 is 4.74 Å². The van der Waals surface area contributed by atoms with Crippen LogP contribution in [0.2, 0.25) is 0 Å². The highest BCUT2D eigenvalue weighted by Gasteiger charge is 2.08. The number of benzene rings is 1. The van der Waals surface area contributed by atoms with Gasteiger partial charge in [-0.2, -0.15) is 0 Å². The van der Waals surface area contributed by atoms with Crippen LogP contribution in [0.4, 0.5) is 5.69 Å². The molecule has 0 radical (unpaired) electrons. The van der Waals surface area contributed by atoms with Gasteiger partial charge in [0.15, 0.2) is 0 Å². The third-order valence-corrected chi connectivity index (χ3v) is 3.12. The maximum absolute atomic E-state index is 5.71. The van der Waals surface area contributed by atoms with E-state index in [4.69, 9.17) is 22.7 Å². The van der Waals surface area contributed by atoms with Crippen LogP contribution in [0.5, 0.6) is 0 Å². The molecule has 1 unspecified atom stereocenters. The molecule has 0 aliphatic heterocycles. The van der Waals surface area contributed by atoms with Crippen molar-refractivity contribution in [3.8, 4) is 0 Å². The molecule has 94 valence electrons. The van der Waals surface area contributed by atoms with Crippen LogP contribution in [0.1, 0.15) is 18.9 Å². The zero-order chi connectivity index (χ0) is 12.8. The van der Waals surface area contributed by atoms with E-state index >= 15 is 0 Å². The number of thiocarbonyl (C=S) groups is 1. The minimum atomic E-state index is 0.309. The Morgan fingerprint density at radius 2 is 2.29 bits per heavy atom. The van der Waals surface area contributed by atoms with Gasteiger partial charge in [-0.3, -0.25) is 0 Å². The van der Waals surface area contributed by atoms with Crippen molar-refractivity contribution in [1.29, 1.82) is 0 Å². The molecule has 0 heterocycles. The Bertz CT molecular complexity index is 398. The van der Waals surface area contributed by atoms with E-state index in [1.807, 2.05) is 18.2 Å². The molecule has 0 spiro atoms. The lowest BCUT2D eigenvalue weighted by molar-refractivity contribution is 0.191. The van der Waals surface area contributed by atoms with Crippen LogP contribution in [0, 0.1) is 0 Å². The molecular weight excluding hydrogens is 300 g/mol. The molecule has 1 atom stereocenters. The Balaban J connectivity index is 2.79. The molecule has 1 aromatic rings. The van der Waals surface area contributed by atoms with Crippen molar-refractivity contribution in [2.45, 2.75) is 19.4 Å². The quantitative estimate of drug-likeness (QED) is 0.792. The largest absolute Gasteiger partial charge is 0.389 e. The lowest BCUT2D eigenvalue weighted by atomic mass is 10.1. The van der Waals surface area contributed by atoms with E-state index in [-0.39, 0.29) is 0 Å². The first-order valence-electron chi connectivity index (χ1n) is 5.39. The van der Waals surface area contributed by atoms with Gasteiger partial charge >= 0.3 is 0 Å². The standard InChI is InChI=1S/C12H17BrN2OS/c1-8(5-6-16-2)15-11-4-3-9(13)7-10(11)12(14)17/h3-4,7-8,15H,5-6H2,1-2H3,(H2,14,17). The van der Waals surface area contributed by atoms with Crippen LogP contribution in [0.15, 0.2) is 22.7 Å². The SMILES string of the molecule is COCCC(C)Nc1ccc(Br)cc1C(N)=S. The summed E-state index contributed by atoms with van der Waals surface area (Å²) >= 11 is 8.45. The van der Waals surface area contributed by atoms with E-state index in [1.54, 1.807) is 7.11 Å². The van der Waals surface area contributed by atoms with Gasteiger partial charge in [-0.15, -0.1) is 0 Å². The highest BCUT2D eigenvalue weighted by molar-refractivity contribution is 9.10. The fourth-order valence-corrected chi connectivity index (χ4v) is 2.01. The molecule has 3 nitrogen and oxygen atoms in total. The van der Waals surface area contributed by atoms with Gasteiger partial charge in [-0.25, -0.2) is 0 Å².